The Kier molecular flexibility index (Phi) is 2.72. The van der Waals surface area contributed by atoms with Gasteiger partial charge in [-0.2, -0.15) is 0 Å². The summed E-state index contributed by atoms with van der Waals surface area (Å²) in [5.74, 6) is -0.542. The van der Waals surface area contributed by atoms with Crippen LogP contribution in [0.3, 0.4) is 0 Å². The van der Waals surface area contributed by atoms with Gasteiger partial charge in [0.05, 0.1) is 12.2 Å². The molecule has 0 aromatic heterocycles. The fraction of sp³-hybridized carbons (Fsp3) is 0.650. The number of carbonyl (C=O) groups is 3. The lowest BCUT2D eigenvalue weighted by atomic mass is 9.46. The monoisotopic (exact) mass is 342 g/mol. The number of carbonyl (C=O) groups excluding carboxylic acids is 3. The second-order valence-electron chi connectivity index (χ2n) is 8.90. The Morgan fingerprint density at radius 1 is 1.04 bits per heavy atom. The maximum atomic E-state index is 13.3. The van der Waals surface area contributed by atoms with Crippen LogP contribution in [0.25, 0.3) is 0 Å². The molecule has 6 rings (SSSR count). The van der Waals surface area contributed by atoms with Gasteiger partial charge in [0.25, 0.3) is 0 Å². The Labute approximate surface area is 146 Å². The maximum absolute atomic E-state index is 13.3. The molecule has 0 radical (unpaired) electrons. The Bertz CT molecular complexity index is 814. The molecule has 1 saturated heterocycles. The normalized spacial score (nSPS) is 41.2. The van der Waals surface area contributed by atoms with Crippen LogP contribution >= 0.6 is 0 Å². The molecule has 3 aliphatic heterocycles. The van der Waals surface area contributed by atoms with E-state index in [0.717, 1.165) is 12.8 Å². The minimum absolute atomic E-state index is 0.0384. The van der Waals surface area contributed by atoms with E-state index in [9.17, 15) is 14.4 Å². The molecule has 5 nitrogen and oxygen atoms in total. The zero-order valence-electron chi connectivity index (χ0n) is 14.8. The van der Waals surface area contributed by atoms with Gasteiger partial charge in [-0.1, -0.05) is 27.2 Å². The van der Waals surface area contributed by atoms with Crippen LogP contribution in [0.1, 0.15) is 46.5 Å². The molecule has 3 aliphatic carbocycles. The number of Topliss-reactive ketones (excluding diaryl/α,β-unsaturated/α-hetero) is 2. The van der Waals surface area contributed by atoms with Gasteiger partial charge in [-0.3, -0.25) is 14.4 Å². The second kappa shape index (κ2) is 4.43. The minimum atomic E-state index is -0.966. The van der Waals surface area contributed by atoms with Crippen molar-refractivity contribution >= 4 is 17.5 Å². The number of ether oxygens (including phenoxy) is 2. The number of rotatable bonds is 0. The molecule has 3 heterocycles. The lowest BCUT2D eigenvalue weighted by Crippen LogP contribution is -2.62. The third kappa shape index (κ3) is 1.58. The lowest BCUT2D eigenvalue weighted by Gasteiger charge is -2.59. The Morgan fingerprint density at radius 2 is 1.80 bits per heavy atom. The van der Waals surface area contributed by atoms with E-state index < -0.39 is 11.5 Å². The highest BCUT2D eigenvalue weighted by molar-refractivity contribution is 6.28. The Morgan fingerprint density at radius 3 is 2.56 bits per heavy atom. The molecular formula is C20H22O5. The van der Waals surface area contributed by atoms with Gasteiger partial charge in [-0.25, -0.2) is 0 Å². The molecular weight excluding hydrogens is 320 g/mol. The van der Waals surface area contributed by atoms with Crippen molar-refractivity contribution in [1.82, 2.24) is 0 Å². The summed E-state index contributed by atoms with van der Waals surface area (Å²) in [6.07, 6.45) is 2.53. The first-order chi connectivity index (χ1) is 11.8. The van der Waals surface area contributed by atoms with Gasteiger partial charge in [0, 0.05) is 17.1 Å². The number of esters is 1. The standard InChI is InChI=1S/C20H22O5/c1-9-8-24-17-12(9)15(21)13-10-7-11-19(2,3)5-4-6-20(11,18(23)25-10)14(13)16(17)22/h9-11H,4-8H2,1-3H3/t9?,10-,11-,20+/m0/s1. The number of allylic oxidation sites excluding steroid dienone is 1. The zero-order valence-corrected chi connectivity index (χ0v) is 14.8. The van der Waals surface area contributed by atoms with E-state index in [4.69, 9.17) is 9.47 Å². The first kappa shape index (κ1) is 15.4. The molecule has 0 N–H and O–H groups in total. The van der Waals surface area contributed by atoms with E-state index in [0.29, 0.717) is 36.2 Å². The van der Waals surface area contributed by atoms with Gasteiger partial charge in [0.15, 0.2) is 11.5 Å². The molecule has 0 aromatic carbocycles. The van der Waals surface area contributed by atoms with Crippen LogP contribution in [0, 0.1) is 22.7 Å². The maximum Gasteiger partial charge on any atom is 0.317 e. The molecule has 25 heavy (non-hydrogen) atoms. The molecule has 1 unspecified atom stereocenters. The summed E-state index contributed by atoms with van der Waals surface area (Å²) < 4.78 is 11.3. The molecule has 1 spiro atoms. The summed E-state index contributed by atoms with van der Waals surface area (Å²) in [7, 11) is 0. The van der Waals surface area contributed by atoms with Crippen LogP contribution in [0.4, 0.5) is 0 Å². The van der Waals surface area contributed by atoms with Gasteiger partial charge in [0.2, 0.25) is 5.78 Å². The van der Waals surface area contributed by atoms with Crippen molar-refractivity contribution in [3.63, 3.8) is 0 Å². The Hall–Kier alpha value is -1.91. The highest BCUT2D eigenvalue weighted by Crippen LogP contribution is 2.65. The summed E-state index contributed by atoms with van der Waals surface area (Å²) in [6, 6.07) is 0. The van der Waals surface area contributed by atoms with Crippen molar-refractivity contribution in [1.29, 1.82) is 0 Å². The summed E-state index contributed by atoms with van der Waals surface area (Å²) in [6.45, 7) is 6.59. The number of hydrogen-bond acceptors (Lipinski definition) is 5. The SMILES string of the molecule is CC1COC2=C1C(=O)C1=C(C2=O)[C@@]23CCCC(C)(C)[C@@H]2C[C@@H]1OC3=O. The quantitative estimate of drug-likeness (QED) is 0.500. The first-order valence-corrected chi connectivity index (χ1v) is 9.21. The molecule has 1 saturated carbocycles. The molecule has 2 bridgehead atoms. The van der Waals surface area contributed by atoms with Crippen LogP contribution in [0.5, 0.6) is 0 Å². The summed E-state index contributed by atoms with van der Waals surface area (Å²) in [5, 5.41) is 0. The van der Waals surface area contributed by atoms with Crippen molar-refractivity contribution in [3.05, 3.63) is 22.5 Å². The number of ketones is 2. The molecule has 0 amide bonds. The van der Waals surface area contributed by atoms with E-state index in [2.05, 4.69) is 13.8 Å². The van der Waals surface area contributed by atoms with Crippen LogP contribution < -0.4 is 0 Å². The lowest BCUT2D eigenvalue weighted by molar-refractivity contribution is -0.189. The van der Waals surface area contributed by atoms with Crippen LogP contribution in [-0.4, -0.2) is 30.2 Å². The van der Waals surface area contributed by atoms with Crippen LogP contribution in [0.15, 0.2) is 22.5 Å². The van der Waals surface area contributed by atoms with Gasteiger partial charge in [-0.15, -0.1) is 0 Å². The first-order valence-electron chi connectivity index (χ1n) is 9.21. The third-order valence-corrected chi connectivity index (χ3v) is 7.17. The number of hydrogen-bond donors (Lipinski definition) is 0. The fourth-order valence-electron chi connectivity index (χ4n) is 6.03. The van der Waals surface area contributed by atoms with Crippen molar-refractivity contribution < 1.29 is 23.9 Å². The van der Waals surface area contributed by atoms with E-state index in [1.54, 1.807) is 0 Å². The summed E-state index contributed by atoms with van der Waals surface area (Å²) >= 11 is 0. The second-order valence-corrected chi connectivity index (χ2v) is 8.90. The zero-order chi connectivity index (χ0) is 17.7. The topological polar surface area (TPSA) is 69.7 Å². The van der Waals surface area contributed by atoms with Gasteiger partial charge in [-0.05, 0) is 30.6 Å². The highest BCUT2D eigenvalue weighted by atomic mass is 16.5. The molecule has 0 aromatic rings. The molecule has 5 heteroatoms. The van der Waals surface area contributed by atoms with Gasteiger partial charge >= 0.3 is 5.97 Å². The average molecular weight is 342 g/mol. The fourth-order valence-corrected chi connectivity index (χ4v) is 6.03. The molecule has 132 valence electrons. The molecule has 2 fully saturated rings. The predicted octanol–water partition coefficient (Wildman–Crippen LogP) is 2.50. The van der Waals surface area contributed by atoms with Gasteiger partial charge in [0.1, 0.15) is 11.5 Å². The largest absolute Gasteiger partial charge is 0.488 e. The van der Waals surface area contributed by atoms with Crippen molar-refractivity contribution in [2.24, 2.45) is 22.7 Å². The Balaban J connectivity index is 1.76. The van der Waals surface area contributed by atoms with Gasteiger partial charge < -0.3 is 9.47 Å². The minimum Gasteiger partial charge on any atom is -0.488 e. The van der Waals surface area contributed by atoms with E-state index >= 15 is 0 Å². The number of fused-ring (bicyclic) bond motifs is 1. The summed E-state index contributed by atoms with van der Waals surface area (Å²) in [5.41, 5.74) is 0.323. The smallest absolute Gasteiger partial charge is 0.317 e. The summed E-state index contributed by atoms with van der Waals surface area (Å²) in [4.78, 5) is 39.5. The molecule has 6 aliphatic rings. The average Bonchev–Trinajstić information content (AvgIpc) is 2.94. The van der Waals surface area contributed by atoms with Crippen LogP contribution in [0.2, 0.25) is 0 Å². The van der Waals surface area contributed by atoms with E-state index in [-0.39, 0.29) is 40.5 Å². The van der Waals surface area contributed by atoms with Crippen molar-refractivity contribution in [3.8, 4) is 0 Å². The van der Waals surface area contributed by atoms with E-state index in [1.807, 2.05) is 6.92 Å². The van der Waals surface area contributed by atoms with Crippen LogP contribution in [-0.2, 0) is 23.9 Å². The predicted molar refractivity (Wildman–Crippen MR) is 87.2 cm³/mol. The molecule has 4 atom stereocenters. The van der Waals surface area contributed by atoms with Crippen molar-refractivity contribution in [2.75, 3.05) is 6.61 Å². The van der Waals surface area contributed by atoms with E-state index in [1.165, 1.54) is 0 Å². The highest BCUT2D eigenvalue weighted by Gasteiger charge is 2.68. The van der Waals surface area contributed by atoms with Crippen molar-refractivity contribution in [2.45, 2.75) is 52.6 Å². The third-order valence-electron chi connectivity index (χ3n) is 7.17.